The third-order valence-corrected chi connectivity index (χ3v) is 6.97. The van der Waals surface area contributed by atoms with Gasteiger partial charge in [-0.2, -0.15) is 0 Å². The van der Waals surface area contributed by atoms with Crippen LogP contribution in [0.4, 0.5) is 5.69 Å². The molecule has 1 amide bonds. The van der Waals surface area contributed by atoms with Crippen LogP contribution in [0.15, 0.2) is 53.7 Å². The Morgan fingerprint density at radius 2 is 2.08 bits per heavy atom. The quantitative estimate of drug-likeness (QED) is 0.508. The lowest BCUT2D eigenvalue weighted by Gasteiger charge is -2.39. The largest absolute Gasteiger partial charge is 0.478 e. The summed E-state index contributed by atoms with van der Waals surface area (Å²) in [6, 6.07) is 10.6. The number of aromatic nitrogens is 2. The van der Waals surface area contributed by atoms with E-state index in [2.05, 4.69) is 10.3 Å². The van der Waals surface area contributed by atoms with E-state index in [4.69, 9.17) is 46.3 Å². The second-order valence-corrected chi connectivity index (χ2v) is 9.42. The number of methoxy groups -OCH3 is 1. The van der Waals surface area contributed by atoms with Crippen LogP contribution in [0.3, 0.4) is 0 Å². The smallest absolute Gasteiger partial charge is 0.283 e. The normalized spacial score (nSPS) is 19.7. The van der Waals surface area contributed by atoms with Crippen LogP contribution in [-0.2, 0) is 15.0 Å². The molecule has 0 bridgehead atoms. The van der Waals surface area contributed by atoms with Gasteiger partial charge in [0.2, 0.25) is 0 Å². The van der Waals surface area contributed by atoms with Gasteiger partial charge in [-0.1, -0.05) is 17.7 Å². The molecule has 3 aliphatic rings. The van der Waals surface area contributed by atoms with E-state index < -0.39 is 5.54 Å². The van der Waals surface area contributed by atoms with Crippen molar-refractivity contribution in [1.82, 2.24) is 9.97 Å². The van der Waals surface area contributed by atoms with Gasteiger partial charge < -0.3 is 30.0 Å². The Labute approximate surface area is 223 Å². The summed E-state index contributed by atoms with van der Waals surface area (Å²) in [6.07, 6.45) is 4.66. The molecule has 0 aliphatic carbocycles. The number of nitrogens with zero attached hydrogens (tertiary/aromatic N) is 3. The molecule has 1 atom stereocenters. The molecule has 3 aliphatic heterocycles. The first kappa shape index (κ1) is 24.2. The standard InChI is InChI=1S/C27H24ClN5O5/c1-35-25-23-19(13-21(32-25)15-6-9-36-10-7-15)27(8-11-37-26(29)33-27)18-12-17(3-5-22(18)38-23)31-24(34)20-4-2-16(28)14-30-20/h2-6,12-14H,7-11H2,1H3,(H2,29,33)(H,31,34). The van der Waals surface area contributed by atoms with Crippen LogP contribution in [0.1, 0.15) is 40.2 Å². The monoisotopic (exact) mass is 533 g/mol. The van der Waals surface area contributed by atoms with E-state index in [1.54, 1.807) is 31.4 Å². The van der Waals surface area contributed by atoms with Gasteiger partial charge in [0, 0.05) is 29.4 Å². The molecule has 0 radical (unpaired) electrons. The molecule has 0 saturated heterocycles. The first-order valence-corrected chi connectivity index (χ1v) is 12.4. The number of hydrogen-bond donors (Lipinski definition) is 2. The minimum atomic E-state index is -0.943. The van der Waals surface area contributed by atoms with Crippen LogP contribution >= 0.6 is 11.6 Å². The number of nitrogens with one attached hydrogen (secondary N) is 1. The second-order valence-electron chi connectivity index (χ2n) is 8.99. The van der Waals surface area contributed by atoms with Crippen molar-refractivity contribution in [2.75, 3.05) is 32.2 Å². The number of fused-ring (bicyclic) bond motifs is 4. The summed E-state index contributed by atoms with van der Waals surface area (Å²) in [5.41, 5.74) is 9.28. The van der Waals surface area contributed by atoms with Crippen molar-refractivity contribution in [3.63, 3.8) is 0 Å². The van der Waals surface area contributed by atoms with Crippen LogP contribution in [0.5, 0.6) is 17.4 Å². The Morgan fingerprint density at radius 3 is 2.82 bits per heavy atom. The fourth-order valence-corrected chi connectivity index (χ4v) is 5.04. The molecule has 1 unspecified atom stereocenters. The number of amides is 1. The summed E-state index contributed by atoms with van der Waals surface area (Å²) in [6.45, 7) is 1.48. The van der Waals surface area contributed by atoms with Crippen LogP contribution in [0.2, 0.25) is 5.02 Å². The number of aliphatic imine (C=N–C) groups is 1. The number of ether oxygens (including phenoxy) is 4. The third kappa shape index (κ3) is 4.21. The molecule has 1 spiro atoms. The molecule has 5 heterocycles. The zero-order chi connectivity index (χ0) is 26.3. The maximum Gasteiger partial charge on any atom is 0.283 e. The number of anilines is 1. The number of carbonyl (C=O) groups excluding carboxylic acids is 1. The van der Waals surface area contributed by atoms with Gasteiger partial charge in [0.05, 0.1) is 37.6 Å². The molecule has 0 fully saturated rings. The van der Waals surface area contributed by atoms with Crippen molar-refractivity contribution in [1.29, 1.82) is 0 Å². The van der Waals surface area contributed by atoms with Crippen molar-refractivity contribution in [2.24, 2.45) is 10.7 Å². The van der Waals surface area contributed by atoms with Gasteiger partial charge in [0.25, 0.3) is 17.8 Å². The lowest BCUT2D eigenvalue weighted by atomic mass is 9.77. The van der Waals surface area contributed by atoms with Gasteiger partial charge in [0.1, 0.15) is 17.0 Å². The number of benzene rings is 1. The van der Waals surface area contributed by atoms with Gasteiger partial charge in [-0.25, -0.2) is 15.0 Å². The fraction of sp³-hybridized carbons (Fsp3) is 0.259. The SMILES string of the molecule is COc1nc(C2=CCOCC2)cc2c1Oc1ccc(NC(=O)c3ccc(Cl)cn3)cc1C21CCOC(N)=N1. The summed E-state index contributed by atoms with van der Waals surface area (Å²) in [5, 5.41) is 3.35. The Hall–Kier alpha value is -4.15. The van der Waals surface area contributed by atoms with Gasteiger partial charge in [0.15, 0.2) is 5.75 Å². The highest BCUT2D eigenvalue weighted by Crippen LogP contribution is 2.55. The number of pyridine rings is 2. The minimum absolute atomic E-state index is 0.0671. The molecule has 3 N–H and O–H groups in total. The zero-order valence-corrected chi connectivity index (χ0v) is 21.2. The molecule has 2 aromatic heterocycles. The number of halogens is 1. The lowest BCUT2D eigenvalue weighted by Crippen LogP contribution is -2.39. The van der Waals surface area contributed by atoms with Crippen molar-refractivity contribution >= 4 is 34.8 Å². The summed E-state index contributed by atoms with van der Waals surface area (Å²) in [5.74, 6) is 0.998. The van der Waals surface area contributed by atoms with Crippen LogP contribution < -0.4 is 20.5 Å². The average Bonchev–Trinajstić information content (AvgIpc) is 2.94. The highest BCUT2D eigenvalue weighted by atomic mass is 35.5. The number of amidine groups is 1. The minimum Gasteiger partial charge on any atom is -0.478 e. The van der Waals surface area contributed by atoms with Gasteiger partial charge >= 0.3 is 0 Å². The first-order chi connectivity index (χ1) is 18.5. The predicted molar refractivity (Wildman–Crippen MR) is 141 cm³/mol. The van der Waals surface area contributed by atoms with E-state index in [1.807, 2.05) is 18.2 Å². The van der Waals surface area contributed by atoms with Gasteiger partial charge in [-0.05, 0) is 48.4 Å². The van der Waals surface area contributed by atoms with Gasteiger partial charge in [-0.3, -0.25) is 4.79 Å². The molecule has 6 rings (SSSR count). The zero-order valence-electron chi connectivity index (χ0n) is 20.5. The van der Waals surface area contributed by atoms with Gasteiger partial charge in [-0.15, -0.1) is 0 Å². The molecule has 10 nitrogen and oxygen atoms in total. The van der Waals surface area contributed by atoms with Crippen LogP contribution in [0.25, 0.3) is 5.57 Å². The first-order valence-electron chi connectivity index (χ1n) is 12.1. The maximum atomic E-state index is 12.9. The topological polar surface area (TPSA) is 130 Å². The van der Waals surface area contributed by atoms with Crippen molar-refractivity contribution in [2.45, 2.75) is 18.4 Å². The Morgan fingerprint density at radius 1 is 1.18 bits per heavy atom. The van der Waals surface area contributed by atoms with Crippen LogP contribution in [0, 0.1) is 0 Å². The number of rotatable bonds is 4. The highest BCUT2D eigenvalue weighted by Gasteiger charge is 2.46. The summed E-state index contributed by atoms with van der Waals surface area (Å²) in [4.78, 5) is 26.5. The van der Waals surface area contributed by atoms with Crippen LogP contribution in [-0.4, -0.2) is 48.8 Å². The van der Waals surface area contributed by atoms with Crippen molar-refractivity contribution in [3.05, 3.63) is 76.2 Å². The molecule has 0 saturated carbocycles. The average molecular weight is 534 g/mol. The van der Waals surface area contributed by atoms with E-state index in [-0.39, 0.29) is 17.6 Å². The van der Waals surface area contributed by atoms with Crippen molar-refractivity contribution in [3.8, 4) is 17.4 Å². The Kier molecular flexibility index (Phi) is 6.13. The predicted octanol–water partition coefficient (Wildman–Crippen LogP) is 4.28. The second kappa shape index (κ2) is 9.62. The summed E-state index contributed by atoms with van der Waals surface area (Å²) < 4.78 is 23.0. The van der Waals surface area contributed by atoms with E-state index in [1.165, 1.54) is 6.20 Å². The Balaban J connectivity index is 1.47. The molecule has 1 aromatic carbocycles. The van der Waals surface area contributed by atoms with E-state index in [9.17, 15) is 4.79 Å². The molecule has 11 heteroatoms. The number of nitrogens with two attached hydrogens (primary N) is 1. The molecule has 38 heavy (non-hydrogen) atoms. The Bertz CT molecular complexity index is 1490. The van der Waals surface area contributed by atoms with E-state index in [0.717, 1.165) is 28.8 Å². The molecule has 194 valence electrons. The number of carbonyl (C=O) groups is 1. The van der Waals surface area contributed by atoms with Crippen molar-refractivity contribution < 1.29 is 23.7 Å². The molecular weight excluding hydrogens is 510 g/mol. The molecular formula is C27H24ClN5O5. The third-order valence-electron chi connectivity index (χ3n) is 6.74. The number of hydrogen-bond acceptors (Lipinski definition) is 9. The summed E-state index contributed by atoms with van der Waals surface area (Å²) >= 11 is 5.91. The van der Waals surface area contributed by atoms with E-state index in [0.29, 0.717) is 54.3 Å². The molecule has 3 aromatic rings. The fourth-order valence-electron chi connectivity index (χ4n) is 4.93. The van der Waals surface area contributed by atoms with E-state index >= 15 is 0 Å². The highest BCUT2D eigenvalue weighted by molar-refractivity contribution is 6.30. The summed E-state index contributed by atoms with van der Waals surface area (Å²) in [7, 11) is 1.56. The maximum absolute atomic E-state index is 12.9. The lowest BCUT2D eigenvalue weighted by molar-refractivity contribution is 0.102.